The maximum Gasteiger partial charge on any atom is 0.279 e. The van der Waals surface area contributed by atoms with Gasteiger partial charge in [-0.3, -0.25) is 25.2 Å². The third kappa shape index (κ3) is 6.17. The molecule has 0 spiro atoms. The van der Waals surface area contributed by atoms with Crippen LogP contribution in [0.5, 0.6) is 0 Å². The molecule has 2 rings (SSSR count). The smallest absolute Gasteiger partial charge is 0.279 e. The summed E-state index contributed by atoms with van der Waals surface area (Å²) in [4.78, 5) is 34.5. The van der Waals surface area contributed by atoms with E-state index in [-0.39, 0.29) is 23.3 Å². The number of nitrogens with two attached hydrogens (primary N) is 1. The Morgan fingerprint density at radius 1 is 1.13 bits per heavy atom. The van der Waals surface area contributed by atoms with Gasteiger partial charge < -0.3 is 5.73 Å². The standard InChI is InChI=1S/C11H11N5O3S4/c12-7(17)4-21-10-15-16-11(23-10)22-5-8(18)13-14-9(19)6-2-1-3-20-6/h1-3H,4-5H2,(H2,12,17)(H,13,18)(H,14,19). The fourth-order valence-electron chi connectivity index (χ4n) is 1.21. The molecule has 3 amide bonds. The second-order valence-electron chi connectivity index (χ2n) is 3.86. The van der Waals surface area contributed by atoms with Crippen LogP contribution in [0.1, 0.15) is 9.67 Å². The van der Waals surface area contributed by atoms with Crippen molar-refractivity contribution in [3.63, 3.8) is 0 Å². The van der Waals surface area contributed by atoms with E-state index >= 15 is 0 Å². The number of nitrogens with zero attached hydrogens (tertiary/aromatic N) is 2. The van der Waals surface area contributed by atoms with Crippen molar-refractivity contribution in [3.8, 4) is 0 Å². The number of carbonyl (C=O) groups excluding carboxylic acids is 3. The average Bonchev–Trinajstić information content (AvgIpc) is 3.19. The molecule has 12 heteroatoms. The molecule has 0 aromatic carbocycles. The van der Waals surface area contributed by atoms with Gasteiger partial charge in [-0.25, -0.2) is 0 Å². The monoisotopic (exact) mass is 389 g/mol. The largest absolute Gasteiger partial charge is 0.369 e. The van der Waals surface area contributed by atoms with Gasteiger partial charge in [-0.15, -0.1) is 21.5 Å². The molecule has 8 nitrogen and oxygen atoms in total. The van der Waals surface area contributed by atoms with Crippen LogP contribution in [0.3, 0.4) is 0 Å². The fraction of sp³-hybridized carbons (Fsp3) is 0.182. The van der Waals surface area contributed by atoms with Crippen LogP contribution >= 0.6 is 46.2 Å². The predicted octanol–water partition coefficient (Wildman–Crippen LogP) is 0.730. The van der Waals surface area contributed by atoms with E-state index in [0.29, 0.717) is 13.6 Å². The molecule has 122 valence electrons. The third-order valence-corrected chi connectivity index (χ3v) is 6.19. The quantitative estimate of drug-likeness (QED) is 0.470. The van der Waals surface area contributed by atoms with Crippen molar-refractivity contribution in [2.75, 3.05) is 11.5 Å². The molecule has 0 aliphatic rings. The normalized spacial score (nSPS) is 10.3. The fourth-order valence-corrected chi connectivity index (χ4v) is 4.38. The second kappa shape index (κ2) is 8.86. The molecule has 23 heavy (non-hydrogen) atoms. The Morgan fingerprint density at radius 2 is 1.83 bits per heavy atom. The van der Waals surface area contributed by atoms with Crippen molar-refractivity contribution in [1.82, 2.24) is 21.0 Å². The minimum atomic E-state index is -0.430. The molecule has 0 bridgehead atoms. The number of carbonyl (C=O) groups is 3. The number of hydrogen-bond acceptors (Lipinski definition) is 9. The Bertz CT molecular complexity index is 688. The van der Waals surface area contributed by atoms with Crippen LogP contribution in [0.15, 0.2) is 26.2 Å². The van der Waals surface area contributed by atoms with Crippen LogP contribution in [0.25, 0.3) is 0 Å². The van der Waals surface area contributed by atoms with E-state index in [9.17, 15) is 14.4 Å². The van der Waals surface area contributed by atoms with Crippen LogP contribution in [-0.4, -0.2) is 39.4 Å². The predicted molar refractivity (Wildman–Crippen MR) is 90.5 cm³/mol. The van der Waals surface area contributed by atoms with Crippen LogP contribution in [0.2, 0.25) is 0 Å². The SMILES string of the molecule is NC(=O)CSc1nnc(SCC(=O)NNC(=O)c2cccs2)s1. The van der Waals surface area contributed by atoms with Crippen molar-refractivity contribution < 1.29 is 14.4 Å². The minimum absolute atomic E-state index is 0.0832. The molecule has 0 radical (unpaired) electrons. The summed E-state index contributed by atoms with van der Waals surface area (Å²) in [5, 5.41) is 9.55. The zero-order valence-corrected chi connectivity index (χ0v) is 14.7. The lowest BCUT2D eigenvalue weighted by Gasteiger charge is -2.04. The van der Waals surface area contributed by atoms with Crippen molar-refractivity contribution in [1.29, 1.82) is 0 Å². The Kier molecular flexibility index (Phi) is 6.83. The average molecular weight is 390 g/mol. The summed E-state index contributed by atoms with van der Waals surface area (Å²) in [7, 11) is 0. The number of hydrazine groups is 1. The van der Waals surface area contributed by atoms with Gasteiger partial charge in [0.1, 0.15) is 0 Å². The van der Waals surface area contributed by atoms with Crippen molar-refractivity contribution in [2.45, 2.75) is 8.68 Å². The molecular formula is C11H11N5O3S4. The van der Waals surface area contributed by atoms with E-state index in [2.05, 4.69) is 21.0 Å². The summed E-state index contributed by atoms with van der Waals surface area (Å²) >= 11 is 4.94. The minimum Gasteiger partial charge on any atom is -0.369 e. The molecular weight excluding hydrogens is 378 g/mol. The Labute approximate surface area is 147 Å². The molecule has 2 heterocycles. The molecule has 0 saturated carbocycles. The number of primary amides is 1. The first-order valence-electron chi connectivity index (χ1n) is 6.04. The Hall–Kier alpha value is -1.63. The molecule has 2 aromatic heterocycles. The molecule has 2 aromatic rings. The van der Waals surface area contributed by atoms with Gasteiger partial charge in [-0.1, -0.05) is 40.9 Å². The lowest BCUT2D eigenvalue weighted by molar-refractivity contribution is -0.119. The third-order valence-electron chi connectivity index (χ3n) is 2.11. The Balaban J connectivity index is 1.70. The van der Waals surface area contributed by atoms with Crippen LogP contribution < -0.4 is 16.6 Å². The van der Waals surface area contributed by atoms with Gasteiger partial charge in [0.2, 0.25) is 11.8 Å². The lowest BCUT2D eigenvalue weighted by atomic mass is 10.4. The summed E-state index contributed by atoms with van der Waals surface area (Å²) in [6, 6.07) is 3.41. The van der Waals surface area contributed by atoms with Gasteiger partial charge in [0.25, 0.3) is 5.91 Å². The van der Waals surface area contributed by atoms with Gasteiger partial charge in [-0.05, 0) is 11.4 Å². The summed E-state index contributed by atoms with van der Waals surface area (Å²) in [6.45, 7) is 0. The molecule has 0 saturated heterocycles. The molecule has 0 atom stereocenters. The van der Waals surface area contributed by atoms with Gasteiger partial charge in [0.15, 0.2) is 8.68 Å². The number of hydrogen-bond donors (Lipinski definition) is 3. The highest BCUT2D eigenvalue weighted by atomic mass is 32.2. The molecule has 0 aliphatic carbocycles. The van der Waals surface area contributed by atoms with E-state index < -0.39 is 5.91 Å². The van der Waals surface area contributed by atoms with E-state index in [1.165, 1.54) is 46.2 Å². The summed E-state index contributed by atoms with van der Waals surface area (Å²) in [5.41, 5.74) is 9.70. The van der Waals surface area contributed by atoms with Gasteiger partial charge in [0, 0.05) is 0 Å². The van der Waals surface area contributed by atoms with E-state index in [1.807, 2.05) is 0 Å². The van der Waals surface area contributed by atoms with Crippen molar-refractivity contribution >= 4 is 63.9 Å². The van der Waals surface area contributed by atoms with Gasteiger partial charge in [-0.2, -0.15) is 0 Å². The van der Waals surface area contributed by atoms with Crippen LogP contribution in [-0.2, 0) is 9.59 Å². The number of nitrogens with one attached hydrogen (secondary N) is 2. The van der Waals surface area contributed by atoms with Crippen molar-refractivity contribution in [2.24, 2.45) is 5.73 Å². The summed E-state index contributed by atoms with van der Waals surface area (Å²) in [6.07, 6.45) is 0. The lowest BCUT2D eigenvalue weighted by Crippen LogP contribution is -2.42. The zero-order valence-electron chi connectivity index (χ0n) is 11.5. The maximum atomic E-state index is 11.7. The molecule has 0 unspecified atom stereocenters. The topological polar surface area (TPSA) is 127 Å². The van der Waals surface area contributed by atoms with Crippen molar-refractivity contribution in [3.05, 3.63) is 22.4 Å². The van der Waals surface area contributed by atoms with Crippen LogP contribution in [0.4, 0.5) is 0 Å². The highest BCUT2D eigenvalue weighted by Gasteiger charge is 2.11. The number of aromatic nitrogens is 2. The molecule has 0 fully saturated rings. The number of amides is 3. The van der Waals surface area contributed by atoms with E-state index in [4.69, 9.17) is 5.73 Å². The van der Waals surface area contributed by atoms with Crippen LogP contribution in [0, 0.1) is 0 Å². The number of rotatable bonds is 7. The second-order valence-corrected chi connectivity index (χ2v) is 8.23. The number of thioether (sulfide) groups is 2. The molecule has 0 aliphatic heterocycles. The number of thiophene rings is 1. The summed E-state index contributed by atoms with van der Waals surface area (Å²) in [5.74, 6) is -0.935. The first-order chi connectivity index (χ1) is 11.0. The zero-order chi connectivity index (χ0) is 16.7. The first-order valence-corrected chi connectivity index (χ1v) is 9.71. The van der Waals surface area contributed by atoms with E-state index in [1.54, 1.807) is 17.5 Å². The van der Waals surface area contributed by atoms with Gasteiger partial charge >= 0.3 is 0 Å². The highest BCUT2D eigenvalue weighted by molar-refractivity contribution is 8.03. The van der Waals surface area contributed by atoms with E-state index in [0.717, 1.165) is 0 Å². The van der Waals surface area contributed by atoms with Gasteiger partial charge in [0.05, 0.1) is 16.4 Å². The maximum absolute atomic E-state index is 11.7. The first kappa shape index (κ1) is 17.7. The molecule has 4 N–H and O–H groups in total. The highest BCUT2D eigenvalue weighted by Crippen LogP contribution is 2.28. The summed E-state index contributed by atoms with van der Waals surface area (Å²) < 4.78 is 1.20. The Morgan fingerprint density at radius 3 is 2.43 bits per heavy atom.